The molecule has 0 heterocycles. The summed E-state index contributed by atoms with van der Waals surface area (Å²) in [7, 11) is 0. The van der Waals surface area contributed by atoms with Gasteiger partial charge in [-0.1, -0.05) is 6.92 Å². The Morgan fingerprint density at radius 1 is 1.24 bits per heavy atom. The lowest BCUT2D eigenvalue weighted by Gasteiger charge is -2.20. The van der Waals surface area contributed by atoms with E-state index >= 15 is 0 Å². The minimum Gasteiger partial charge on any atom is -0.426 e. The molecule has 1 rings (SSSR count). The van der Waals surface area contributed by atoms with Gasteiger partial charge in [0.05, 0.1) is 5.41 Å². The van der Waals surface area contributed by atoms with Gasteiger partial charge in [-0.15, -0.1) is 0 Å². The number of rotatable bonds is 3. The van der Waals surface area contributed by atoms with Gasteiger partial charge >= 0.3 is 5.97 Å². The molecule has 0 saturated heterocycles. The first-order valence-electron chi connectivity index (χ1n) is 5.14. The second-order valence-corrected chi connectivity index (χ2v) is 4.33. The van der Waals surface area contributed by atoms with Crippen LogP contribution in [0.4, 0.5) is 13.2 Å². The van der Waals surface area contributed by atoms with Crippen molar-refractivity contribution < 1.29 is 22.7 Å². The number of carbonyl (C=O) groups excluding carboxylic acids is 1. The highest BCUT2D eigenvalue weighted by atomic mass is 19.2. The van der Waals surface area contributed by atoms with Crippen molar-refractivity contribution in [1.29, 1.82) is 0 Å². The molecular weight excluding hydrogens is 233 g/mol. The van der Waals surface area contributed by atoms with Gasteiger partial charge in [-0.05, 0) is 20.3 Å². The Kier molecular flexibility index (Phi) is 3.80. The van der Waals surface area contributed by atoms with Gasteiger partial charge in [-0.25, -0.2) is 13.2 Å². The largest absolute Gasteiger partial charge is 0.426 e. The van der Waals surface area contributed by atoms with Gasteiger partial charge in [0.25, 0.3) is 0 Å². The lowest BCUT2D eigenvalue weighted by atomic mass is 9.91. The summed E-state index contributed by atoms with van der Waals surface area (Å²) in [6.07, 6.45) is 0.512. The van der Waals surface area contributed by atoms with Gasteiger partial charge in [0.1, 0.15) is 5.75 Å². The van der Waals surface area contributed by atoms with E-state index < -0.39 is 28.8 Å². The summed E-state index contributed by atoms with van der Waals surface area (Å²) in [5, 5.41) is 0. The monoisotopic (exact) mass is 246 g/mol. The van der Waals surface area contributed by atoms with Crippen LogP contribution in [0, 0.1) is 22.9 Å². The van der Waals surface area contributed by atoms with E-state index in [4.69, 9.17) is 4.74 Å². The smallest absolute Gasteiger partial charge is 0.316 e. The molecule has 1 aromatic rings. The first-order valence-corrected chi connectivity index (χ1v) is 5.14. The van der Waals surface area contributed by atoms with Gasteiger partial charge in [0, 0.05) is 12.1 Å². The molecule has 0 bridgehead atoms. The normalized spacial score (nSPS) is 11.4. The van der Waals surface area contributed by atoms with Crippen LogP contribution in [-0.2, 0) is 4.79 Å². The van der Waals surface area contributed by atoms with Crippen molar-refractivity contribution in [3.8, 4) is 5.75 Å². The van der Waals surface area contributed by atoms with Crippen LogP contribution in [0.2, 0.25) is 0 Å². The lowest BCUT2D eigenvalue weighted by molar-refractivity contribution is -0.144. The maximum absolute atomic E-state index is 12.9. The van der Waals surface area contributed by atoms with Gasteiger partial charge < -0.3 is 4.74 Å². The molecule has 0 spiro atoms. The first-order chi connectivity index (χ1) is 7.77. The minimum absolute atomic E-state index is 0.340. The van der Waals surface area contributed by atoms with Crippen LogP contribution in [0.15, 0.2) is 12.1 Å². The molecule has 0 unspecified atom stereocenters. The summed E-state index contributed by atoms with van der Waals surface area (Å²) in [4.78, 5) is 11.6. The highest BCUT2D eigenvalue weighted by Crippen LogP contribution is 2.25. The lowest BCUT2D eigenvalue weighted by Crippen LogP contribution is -2.28. The van der Waals surface area contributed by atoms with Crippen LogP contribution < -0.4 is 4.74 Å². The van der Waals surface area contributed by atoms with Crippen molar-refractivity contribution in [2.24, 2.45) is 5.41 Å². The van der Waals surface area contributed by atoms with E-state index in [0.717, 1.165) is 0 Å². The van der Waals surface area contributed by atoms with E-state index in [0.29, 0.717) is 18.6 Å². The Labute approximate surface area is 97.4 Å². The van der Waals surface area contributed by atoms with Gasteiger partial charge in [-0.2, -0.15) is 0 Å². The molecule has 2 nitrogen and oxygen atoms in total. The maximum Gasteiger partial charge on any atom is 0.316 e. The van der Waals surface area contributed by atoms with E-state index in [1.807, 2.05) is 0 Å². The number of hydrogen-bond acceptors (Lipinski definition) is 2. The molecule has 0 aromatic heterocycles. The van der Waals surface area contributed by atoms with Crippen molar-refractivity contribution in [2.75, 3.05) is 0 Å². The predicted octanol–water partition coefficient (Wildman–Crippen LogP) is 3.45. The Bertz CT molecular complexity index is 418. The summed E-state index contributed by atoms with van der Waals surface area (Å²) in [5.74, 6) is -5.32. The molecule has 0 aliphatic rings. The molecule has 0 saturated carbocycles. The molecule has 94 valence electrons. The fraction of sp³-hybridized carbons (Fsp3) is 0.417. The zero-order chi connectivity index (χ0) is 13.2. The molecule has 0 amide bonds. The first kappa shape index (κ1) is 13.5. The second kappa shape index (κ2) is 4.77. The predicted molar refractivity (Wildman–Crippen MR) is 56.0 cm³/mol. The molecule has 0 atom stereocenters. The van der Waals surface area contributed by atoms with Crippen LogP contribution in [0.3, 0.4) is 0 Å². The molecule has 0 aliphatic carbocycles. The van der Waals surface area contributed by atoms with Crippen molar-refractivity contribution >= 4 is 5.97 Å². The van der Waals surface area contributed by atoms with Gasteiger partial charge in [0.2, 0.25) is 0 Å². The number of esters is 1. The average molecular weight is 246 g/mol. The third-order valence-electron chi connectivity index (χ3n) is 2.60. The standard InChI is InChI=1S/C12H13F3O2/c1-4-12(2,3)11(16)17-7-5-8(13)10(15)9(14)6-7/h5-6H,4H2,1-3H3. The van der Waals surface area contributed by atoms with Gasteiger partial charge in [-0.3, -0.25) is 4.79 Å². The third kappa shape index (κ3) is 2.99. The molecule has 17 heavy (non-hydrogen) atoms. The minimum atomic E-state index is -1.58. The molecule has 5 heteroatoms. The number of hydrogen-bond donors (Lipinski definition) is 0. The summed E-state index contributed by atoms with van der Waals surface area (Å²) >= 11 is 0. The molecule has 0 aliphatic heterocycles. The van der Waals surface area contributed by atoms with Crippen LogP contribution in [0.25, 0.3) is 0 Å². The van der Waals surface area contributed by atoms with E-state index in [1.54, 1.807) is 20.8 Å². The van der Waals surface area contributed by atoms with Crippen LogP contribution >= 0.6 is 0 Å². The van der Waals surface area contributed by atoms with Crippen LogP contribution in [0.1, 0.15) is 27.2 Å². The Hall–Kier alpha value is -1.52. The van der Waals surface area contributed by atoms with Gasteiger partial charge in [0.15, 0.2) is 17.5 Å². The highest BCUT2D eigenvalue weighted by Gasteiger charge is 2.28. The van der Waals surface area contributed by atoms with Crippen molar-refractivity contribution in [3.05, 3.63) is 29.6 Å². The zero-order valence-electron chi connectivity index (χ0n) is 9.81. The quantitative estimate of drug-likeness (QED) is 0.464. The Balaban J connectivity index is 2.94. The number of halogens is 3. The third-order valence-corrected chi connectivity index (χ3v) is 2.60. The van der Waals surface area contributed by atoms with Crippen molar-refractivity contribution in [1.82, 2.24) is 0 Å². The fourth-order valence-corrected chi connectivity index (χ4v) is 0.981. The zero-order valence-corrected chi connectivity index (χ0v) is 9.81. The number of benzene rings is 1. The van der Waals surface area contributed by atoms with Crippen LogP contribution in [-0.4, -0.2) is 5.97 Å². The Morgan fingerprint density at radius 3 is 2.12 bits per heavy atom. The maximum atomic E-state index is 12.9. The molecule has 0 radical (unpaired) electrons. The topological polar surface area (TPSA) is 26.3 Å². The molecule has 1 aromatic carbocycles. The van der Waals surface area contributed by atoms with E-state index in [9.17, 15) is 18.0 Å². The SMILES string of the molecule is CCC(C)(C)C(=O)Oc1cc(F)c(F)c(F)c1. The van der Waals surface area contributed by atoms with Crippen LogP contribution in [0.5, 0.6) is 5.75 Å². The average Bonchev–Trinajstić information content (AvgIpc) is 2.25. The van der Waals surface area contributed by atoms with E-state index in [1.165, 1.54) is 0 Å². The molecule has 0 N–H and O–H groups in total. The van der Waals surface area contributed by atoms with E-state index in [-0.39, 0.29) is 5.75 Å². The summed E-state index contributed by atoms with van der Waals surface area (Å²) < 4.78 is 43.2. The molecule has 0 fully saturated rings. The van der Waals surface area contributed by atoms with Crippen molar-refractivity contribution in [3.63, 3.8) is 0 Å². The summed E-state index contributed by atoms with van der Waals surface area (Å²) in [6, 6.07) is 1.28. The number of carbonyl (C=O) groups is 1. The van der Waals surface area contributed by atoms with Crippen molar-refractivity contribution in [2.45, 2.75) is 27.2 Å². The van der Waals surface area contributed by atoms with E-state index in [2.05, 4.69) is 0 Å². The summed E-state index contributed by atoms with van der Waals surface area (Å²) in [5.41, 5.74) is -0.763. The fourth-order valence-electron chi connectivity index (χ4n) is 0.981. The Morgan fingerprint density at radius 2 is 1.71 bits per heavy atom. The number of ether oxygens (including phenoxy) is 1. The summed E-state index contributed by atoms with van der Waals surface area (Å²) in [6.45, 7) is 5.07. The molecular formula is C12H13F3O2. The second-order valence-electron chi connectivity index (χ2n) is 4.33. The highest BCUT2D eigenvalue weighted by molar-refractivity contribution is 5.78.